The molecule has 0 aliphatic heterocycles. The number of anilines is 1. The first-order chi connectivity index (χ1) is 6.97. The van der Waals surface area contributed by atoms with Gasteiger partial charge in [-0.15, -0.1) is 0 Å². The lowest BCUT2D eigenvalue weighted by molar-refractivity contribution is -0.114. The maximum absolute atomic E-state index is 13.4. The van der Waals surface area contributed by atoms with Crippen molar-refractivity contribution < 1.29 is 9.18 Å². The second-order valence-electron chi connectivity index (χ2n) is 2.55. The molecule has 1 N–H and O–H groups in total. The topological polar surface area (TPSA) is 65.8 Å². The molecule has 0 spiro atoms. The van der Waals surface area contributed by atoms with Crippen molar-refractivity contribution in [1.29, 1.82) is 5.26 Å². The maximum Gasteiger partial charge on any atom is 0.221 e. The molecule has 1 rings (SSSR count). The van der Waals surface area contributed by atoms with Crippen molar-refractivity contribution in [3.8, 4) is 6.07 Å². The molecule has 1 amide bonds. The summed E-state index contributed by atoms with van der Waals surface area (Å²) < 4.78 is 13.4. The van der Waals surface area contributed by atoms with E-state index in [2.05, 4.69) is 10.3 Å². The van der Waals surface area contributed by atoms with Gasteiger partial charge >= 0.3 is 0 Å². The van der Waals surface area contributed by atoms with Crippen LogP contribution in [0, 0.1) is 17.1 Å². The Labute approximate surface area is 94.6 Å². The van der Waals surface area contributed by atoms with Crippen molar-refractivity contribution in [2.45, 2.75) is 6.92 Å². The highest BCUT2D eigenvalue weighted by Crippen LogP contribution is 2.29. The van der Waals surface area contributed by atoms with Gasteiger partial charge in [0, 0.05) is 6.92 Å². The Kier molecular flexibility index (Phi) is 3.45. The van der Waals surface area contributed by atoms with Gasteiger partial charge in [0.15, 0.2) is 16.1 Å². The fourth-order valence-electron chi connectivity index (χ4n) is 0.903. The Morgan fingerprint density at radius 1 is 1.53 bits per heavy atom. The number of nitriles is 1. The van der Waals surface area contributed by atoms with Gasteiger partial charge in [0.1, 0.15) is 17.3 Å². The van der Waals surface area contributed by atoms with Crippen LogP contribution < -0.4 is 5.32 Å². The molecule has 0 radical (unpaired) electrons. The van der Waals surface area contributed by atoms with Crippen LogP contribution in [-0.4, -0.2) is 10.9 Å². The molecule has 1 heterocycles. The minimum Gasteiger partial charge on any atom is -0.323 e. The van der Waals surface area contributed by atoms with Gasteiger partial charge in [0.25, 0.3) is 0 Å². The fourth-order valence-corrected chi connectivity index (χ4v) is 1.35. The SMILES string of the molecule is CC(=O)Nc1c(F)c(Cl)nc(Cl)c1C#N. The van der Waals surface area contributed by atoms with Crippen LogP contribution in [0.15, 0.2) is 0 Å². The molecule has 4 nitrogen and oxygen atoms in total. The smallest absolute Gasteiger partial charge is 0.221 e. The first-order valence-corrected chi connectivity index (χ1v) is 4.45. The van der Waals surface area contributed by atoms with Crippen molar-refractivity contribution in [3.05, 3.63) is 21.7 Å². The van der Waals surface area contributed by atoms with Crippen molar-refractivity contribution >= 4 is 34.8 Å². The molecular formula is C8H4Cl2FN3O. The van der Waals surface area contributed by atoms with Gasteiger partial charge in [-0.25, -0.2) is 9.37 Å². The zero-order valence-corrected chi connectivity index (χ0v) is 8.95. The van der Waals surface area contributed by atoms with Gasteiger partial charge in [-0.3, -0.25) is 4.79 Å². The highest BCUT2D eigenvalue weighted by molar-refractivity contribution is 6.34. The number of nitrogens with one attached hydrogen (secondary N) is 1. The van der Waals surface area contributed by atoms with Crippen molar-refractivity contribution in [2.75, 3.05) is 5.32 Å². The number of carbonyl (C=O) groups is 1. The van der Waals surface area contributed by atoms with E-state index in [-0.39, 0.29) is 16.4 Å². The van der Waals surface area contributed by atoms with Gasteiger partial charge in [0.05, 0.1) is 0 Å². The van der Waals surface area contributed by atoms with E-state index < -0.39 is 16.9 Å². The van der Waals surface area contributed by atoms with Crippen molar-refractivity contribution in [2.24, 2.45) is 0 Å². The summed E-state index contributed by atoms with van der Waals surface area (Å²) in [5.41, 5.74) is -0.608. The Morgan fingerprint density at radius 3 is 2.60 bits per heavy atom. The minimum atomic E-state index is -0.979. The number of halogens is 3. The van der Waals surface area contributed by atoms with Crippen LogP contribution in [0.2, 0.25) is 10.3 Å². The Balaban J connectivity index is 3.45. The van der Waals surface area contributed by atoms with Gasteiger partial charge in [-0.2, -0.15) is 5.26 Å². The molecule has 1 aromatic heterocycles. The van der Waals surface area contributed by atoms with E-state index in [4.69, 9.17) is 28.5 Å². The second kappa shape index (κ2) is 4.43. The highest BCUT2D eigenvalue weighted by Gasteiger charge is 2.18. The molecular weight excluding hydrogens is 244 g/mol. The lowest BCUT2D eigenvalue weighted by atomic mass is 10.2. The van der Waals surface area contributed by atoms with E-state index in [9.17, 15) is 9.18 Å². The summed E-state index contributed by atoms with van der Waals surface area (Å²) in [6, 6.07) is 1.63. The number of carbonyl (C=O) groups excluding carboxylic acids is 1. The number of pyridine rings is 1. The summed E-state index contributed by atoms with van der Waals surface area (Å²) in [5.74, 6) is -1.52. The molecule has 0 bridgehead atoms. The third kappa shape index (κ3) is 2.35. The summed E-state index contributed by atoms with van der Waals surface area (Å²) in [6.45, 7) is 1.17. The largest absolute Gasteiger partial charge is 0.323 e. The second-order valence-corrected chi connectivity index (χ2v) is 3.27. The normalized spacial score (nSPS) is 9.53. The first-order valence-electron chi connectivity index (χ1n) is 3.69. The number of amides is 1. The molecule has 1 aromatic rings. The average Bonchev–Trinajstić information content (AvgIpc) is 2.13. The van der Waals surface area contributed by atoms with Crippen LogP contribution in [0.1, 0.15) is 12.5 Å². The summed E-state index contributed by atoms with van der Waals surface area (Å²) in [5, 5.41) is 10.1. The Morgan fingerprint density at radius 2 is 2.13 bits per heavy atom. The lowest BCUT2D eigenvalue weighted by Gasteiger charge is -2.07. The van der Waals surface area contributed by atoms with E-state index in [1.807, 2.05) is 0 Å². The van der Waals surface area contributed by atoms with Gasteiger partial charge in [-0.1, -0.05) is 23.2 Å². The zero-order valence-electron chi connectivity index (χ0n) is 7.44. The van der Waals surface area contributed by atoms with Gasteiger partial charge in [-0.05, 0) is 0 Å². The monoisotopic (exact) mass is 247 g/mol. The third-order valence-corrected chi connectivity index (χ3v) is 1.99. The molecule has 78 valence electrons. The first kappa shape index (κ1) is 11.7. The Bertz CT molecular complexity index is 470. The van der Waals surface area contributed by atoms with E-state index in [0.29, 0.717) is 0 Å². The molecule has 0 aliphatic carbocycles. The molecule has 15 heavy (non-hydrogen) atoms. The number of hydrogen-bond donors (Lipinski definition) is 1. The predicted octanol–water partition coefficient (Wildman–Crippen LogP) is 2.36. The number of nitrogens with zero attached hydrogens (tertiary/aromatic N) is 2. The van der Waals surface area contributed by atoms with Crippen LogP contribution in [0.3, 0.4) is 0 Å². The van der Waals surface area contributed by atoms with Crippen LogP contribution in [-0.2, 0) is 4.79 Å². The van der Waals surface area contributed by atoms with Crippen LogP contribution >= 0.6 is 23.2 Å². The minimum absolute atomic E-state index is 0.256. The molecule has 0 fully saturated rings. The van der Waals surface area contributed by atoms with Crippen LogP contribution in [0.25, 0.3) is 0 Å². The number of rotatable bonds is 1. The Hall–Kier alpha value is -1.38. The van der Waals surface area contributed by atoms with Crippen molar-refractivity contribution in [3.63, 3.8) is 0 Å². The molecule has 0 atom stereocenters. The summed E-state index contributed by atoms with van der Waals surface area (Å²) in [4.78, 5) is 14.2. The molecule has 0 aliphatic rings. The van der Waals surface area contributed by atoms with Crippen LogP contribution in [0.5, 0.6) is 0 Å². The van der Waals surface area contributed by atoms with E-state index in [1.54, 1.807) is 6.07 Å². The average molecular weight is 248 g/mol. The molecule has 7 heteroatoms. The standard InChI is InChI=1S/C8H4Cl2FN3O/c1-3(15)13-6-4(2-12)7(9)14-8(10)5(6)11/h1H3,(H,13,14,15). The summed E-state index contributed by atoms with van der Waals surface area (Å²) in [7, 11) is 0. The fraction of sp³-hybridized carbons (Fsp3) is 0.125. The highest BCUT2D eigenvalue weighted by atomic mass is 35.5. The maximum atomic E-state index is 13.4. The summed E-state index contributed by atoms with van der Waals surface area (Å²) in [6.07, 6.45) is 0. The molecule has 0 unspecified atom stereocenters. The predicted molar refractivity (Wildman–Crippen MR) is 53.2 cm³/mol. The number of hydrogen-bond acceptors (Lipinski definition) is 3. The van der Waals surface area contributed by atoms with E-state index in [0.717, 1.165) is 0 Å². The zero-order chi connectivity index (χ0) is 11.6. The number of aromatic nitrogens is 1. The van der Waals surface area contributed by atoms with Gasteiger partial charge < -0.3 is 5.32 Å². The molecule has 0 saturated heterocycles. The van der Waals surface area contributed by atoms with Crippen molar-refractivity contribution in [1.82, 2.24) is 4.98 Å². The van der Waals surface area contributed by atoms with E-state index >= 15 is 0 Å². The lowest BCUT2D eigenvalue weighted by Crippen LogP contribution is -2.10. The van der Waals surface area contributed by atoms with Gasteiger partial charge in [0.2, 0.25) is 5.91 Å². The van der Waals surface area contributed by atoms with E-state index in [1.165, 1.54) is 6.92 Å². The third-order valence-electron chi connectivity index (χ3n) is 1.47. The molecule has 0 aromatic carbocycles. The molecule has 0 saturated carbocycles. The quantitative estimate of drug-likeness (QED) is 0.775. The van der Waals surface area contributed by atoms with Crippen LogP contribution in [0.4, 0.5) is 10.1 Å². The summed E-state index contributed by atoms with van der Waals surface area (Å²) >= 11 is 11.0.